The number of rotatable bonds is 6. The molecule has 3 aromatic rings. The Morgan fingerprint density at radius 1 is 1.22 bits per heavy atom. The Balaban J connectivity index is 2.10. The van der Waals surface area contributed by atoms with Gasteiger partial charge in [0.05, 0.1) is 34.5 Å². The van der Waals surface area contributed by atoms with E-state index in [4.69, 9.17) is 32.7 Å². The molecule has 1 amide bonds. The average Bonchev–Trinajstić information content (AvgIpc) is 3.00. The molecular formula is C19H18Cl2N2O3S. The maximum atomic E-state index is 12.7. The molecule has 1 heterocycles. The highest BCUT2D eigenvalue weighted by Gasteiger charge is 2.13. The average molecular weight is 425 g/mol. The van der Waals surface area contributed by atoms with E-state index < -0.39 is 5.91 Å². The molecule has 0 spiro atoms. The van der Waals surface area contributed by atoms with Crippen LogP contribution >= 0.6 is 34.5 Å². The summed E-state index contributed by atoms with van der Waals surface area (Å²) in [7, 11) is 1.62. The molecule has 142 valence electrons. The Hall–Kier alpha value is -1.86. The number of hydrogen-bond donors (Lipinski definition) is 0. The standard InChI is InChI=1S/C19H18Cl2N2O3S/c1-3-26-9-8-23-16-7-5-13(25-2)11-17(16)27-19(23)22-18(24)14-10-12(20)4-6-15(14)21/h4-7,10-11H,3,8-9H2,1-2H3. The Bertz CT molecular complexity index is 1040. The molecule has 3 rings (SSSR count). The normalized spacial score (nSPS) is 11.9. The second-order valence-corrected chi connectivity index (χ2v) is 7.46. The van der Waals surface area contributed by atoms with Gasteiger partial charge in [0.1, 0.15) is 5.75 Å². The Morgan fingerprint density at radius 3 is 2.78 bits per heavy atom. The molecule has 0 N–H and O–H groups in total. The fourth-order valence-corrected chi connectivity index (χ4v) is 4.04. The van der Waals surface area contributed by atoms with Crippen molar-refractivity contribution in [2.45, 2.75) is 13.5 Å². The minimum absolute atomic E-state index is 0.274. The summed E-state index contributed by atoms with van der Waals surface area (Å²) >= 11 is 13.5. The van der Waals surface area contributed by atoms with Crippen molar-refractivity contribution in [1.29, 1.82) is 0 Å². The molecule has 0 unspecified atom stereocenters. The summed E-state index contributed by atoms with van der Waals surface area (Å²) in [6.45, 7) is 3.67. The number of halogens is 2. The summed E-state index contributed by atoms with van der Waals surface area (Å²) in [5.41, 5.74) is 1.24. The predicted molar refractivity (Wildman–Crippen MR) is 109 cm³/mol. The maximum absolute atomic E-state index is 12.7. The highest BCUT2D eigenvalue weighted by atomic mass is 35.5. The third kappa shape index (κ3) is 4.52. The maximum Gasteiger partial charge on any atom is 0.281 e. The van der Waals surface area contributed by atoms with Gasteiger partial charge in [0.2, 0.25) is 0 Å². The zero-order chi connectivity index (χ0) is 19.4. The largest absolute Gasteiger partial charge is 0.497 e. The van der Waals surface area contributed by atoms with Crippen LogP contribution in [0.25, 0.3) is 10.2 Å². The number of hydrogen-bond acceptors (Lipinski definition) is 4. The second kappa shape index (κ2) is 8.89. The molecule has 0 radical (unpaired) electrons. The van der Waals surface area contributed by atoms with E-state index in [1.54, 1.807) is 19.2 Å². The molecular weight excluding hydrogens is 407 g/mol. The van der Waals surface area contributed by atoms with Crippen LogP contribution in [0.5, 0.6) is 5.75 Å². The smallest absolute Gasteiger partial charge is 0.281 e. The molecule has 0 atom stereocenters. The summed E-state index contributed by atoms with van der Waals surface area (Å²) in [6, 6.07) is 10.5. The second-order valence-electron chi connectivity index (χ2n) is 5.61. The lowest BCUT2D eigenvalue weighted by Gasteiger charge is -2.06. The number of fused-ring (bicyclic) bond motifs is 1. The molecule has 0 aliphatic carbocycles. The summed E-state index contributed by atoms with van der Waals surface area (Å²) < 4.78 is 13.7. The number of amides is 1. The quantitative estimate of drug-likeness (QED) is 0.534. The van der Waals surface area contributed by atoms with E-state index in [0.29, 0.717) is 34.6 Å². The summed E-state index contributed by atoms with van der Waals surface area (Å²) in [6.07, 6.45) is 0. The monoisotopic (exact) mass is 424 g/mol. The molecule has 0 saturated carbocycles. The van der Waals surface area contributed by atoms with Crippen molar-refractivity contribution < 1.29 is 14.3 Å². The summed E-state index contributed by atoms with van der Waals surface area (Å²) in [4.78, 5) is 17.6. The number of thiazole rings is 1. The lowest BCUT2D eigenvalue weighted by atomic mass is 10.2. The number of carbonyl (C=O) groups is 1. The van der Waals surface area contributed by atoms with Crippen molar-refractivity contribution >= 4 is 50.7 Å². The lowest BCUT2D eigenvalue weighted by molar-refractivity contribution is 0.0997. The van der Waals surface area contributed by atoms with E-state index in [-0.39, 0.29) is 5.56 Å². The van der Waals surface area contributed by atoms with Gasteiger partial charge in [0.25, 0.3) is 5.91 Å². The van der Waals surface area contributed by atoms with Gasteiger partial charge >= 0.3 is 0 Å². The van der Waals surface area contributed by atoms with Crippen molar-refractivity contribution in [1.82, 2.24) is 4.57 Å². The Kier molecular flexibility index (Phi) is 6.55. The van der Waals surface area contributed by atoms with Crippen molar-refractivity contribution in [2.75, 3.05) is 20.3 Å². The molecule has 27 heavy (non-hydrogen) atoms. The van der Waals surface area contributed by atoms with Gasteiger partial charge in [-0.3, -0.25) is 4.79 Å². The van der Waals surface area contributed by atoms with Gasteiger partial charge in [-0.1, -0.05) is 34.5 Å². The first-order chi connectivity index (χ1) is 13.0. The van der Waals surface area contributed by atoms with Gasteiger partial charge < -0.3 is 14.0 Å². The van der Waals surface area contributed by atoms with Crippen LogP contribution in [-0.4, -0.2) is 30.8 Å². The molecule has 0 fully saturated rings. The number of carbonyl (C=O) groups excluding carboxylic acids is 1. The number of nitrogens with zero attached hydrogens (tertiary/aromatic N) is 2. The van der Waals surface area contributed by atoms with Crippen LogP contribution in [-0.2, 0) is 11.3 Å². The van der Waals surface area contributed by atoms with Crippen LogP contribution < -0.4 is 9.54 Å². The topological polar surface area (TPSA) is 52.8 Å². The molecule has 5 nitrogen and oxygen atoms in total. The van der Waals surface area contributed by atoms with Crippen LogP contribution in [0.4, 0.5) is 0 Å². The Labute approximate surface area is 170 Å². The van der Waals surface area contributed by atoms with Crippen LogP contribution in [0.2, 0.25) is 10.0 Å². The van der Waals surface area contributed by atoms with Gasteiger partial charge in [-0.25, -0.2) is 0 Å². The summed E-state index contributed by atoms with van der Waals surface area (Å²) in [5, 5.41) is 0.750. The third-order valence-corrected chi connectivity index (χ3v) is 5.52. The van der Waals surface area contributed by atoms with Crippen molar-refractivity contribution in [3.05, 3.63) is 56.8 Å². The van der Waals surface area contributed by atoms with Crippen LogP contribution in [0.15, 0.2) is 41.4 Å². The molecule has 0 bridgehead atoms. The van der Waals surface area contributed by atoms with Gasteiger partial charge in [0, 0.05) is 18.2 Å². The van der Waals surface area contributed by atoms with Gasteiger partial charge in [-0.2, -0.15) is 4.99 Å². The highest BCUT2D eigenvalue weighted by molar-refractivity contribution is 7.16. The van der Waals surface area contributed by atoms with Gasteiger partial charge in [-0.15, -0.1) is 0 Å². The molecule has 0 aliphatic rings. The predicted octanol–water partition coefficient (Wildman–Crippen LogP) is 4.80. The fourth-order valence-electron chi connectivity index (χ4n) is 2.59. The van der Waals surface area contributed by atoms with E-state index in [1.165, 1.54) is 17.4 Å². The van der Waals surface area contributed by atoms with Gasteiger partial charge in [-0.05, 0) is 43.3 Å². The van der Waals surface area contributed by atoms with Crippen LogP contribution in [0, 0.1) is 0 Å². The van der Waals surface area contributed by atoms with Crippen LogP contribution in [0.1, 0.15) is 17.3 Å². The first kappa shape index (κ1) is 19.9. The van der Waals surface area contributed by atoms with E-state index in [0.717, 1.165) is 16.0 Å². The number of methoxy groups -OCH3 is 1. The lowest BCUT2D eigenvalue weighted by Crippen LogP contribution is -2.19. The van der Waals surface area contributed by atoms with E-state index in [2.05, 4.69) is 4.99 Å². The van der Waals surface area contributed by atoms with Crippen LogP contribution in [0.3, 0.4) is 0 Å². The summed E-state index contributed by atoms with van der Waals surface area (Å²) in [5.74, 6) is 0.308. The zero-order valence-corrected chi connectivity index (χ0v) is 17.2. The number of ether oxygens (including phenoxy) is 2. The molecule has 0 aliphatic heterocycles. The first-order valence-electron chi connectivity index (χ1n) is 8.32. The molecule has 0 saturated heterocycles. The van der Waals surface area contributed by atoms with Gasteiger partial charge in [0.15, 0.2) is 4.80 Å². The highest BCUT2D eigenvalue weighted by Crippen LogP contribution is 2.24. The van der Waals surface area contributed by atoms with E-state index in [1.807, 2.05) is 29.7 Å². The van der Waals surface area contributed by atoms with Crippen molar-refractivity contribution in [3.63, 3.8) is 0 Å². The van der Waals surface area contributed by atoms with Crippen molar-refractivity contribution in [3.8, 4) is 5.75 Å². The Morgan fingerprint density at radius 2 is 2.04 bits per heavy atom. The van der Waals surface area contributed by atoms with Crippen molar-refractivity contribution in [2.24, 2.45) is 4.99 Å². The molecule has 2 aromatic carbocycles. The minimum Gasteiger partial charge on any atom is -0.497 e. The fraction of sp³-hybridized carbons (Fsp3) is 0.263. The molecule has 1 aromatic heterocycles. The third-order valence-electron chi connectivity index (χ3n) is 3.91. The SMILES string of the molecule is CCOCCn1c(=NC(=O)c2cc(Cl)ccc2Cl)sc2cc(OC)ccc21. The number of benzene rings is 2. The minimum atomic E-state index is -0.439. The number of aromatic nitrogens is 1. The first-order valence-corrected chi connectivity index (χ1v) is 9.90. The van der Waals surface area contributed by atoms with E-state index >= 15 is 0 Å². The van der Waals surface area contributed by atoms with E-state index in [9.17, 15) is 4.79 Å². The zero-order valence-electron chi connectivity index (χ0n) is 14.9. The molecule has 8 heteroatoms.